The fraction of sp³-hybridized carbons (Fsp3) is 0.500. The van der Waals surface area contributed by atoms with Gasteiger partial charge in [-0.3, -0.25) is 0 Å². The lowest BCUT2D eigenvalue weighted by Crippen LogP contribution is -2.20. The average Bonchev–Trinajstić information content (AvgIpc) is 2.58. The van der Waals surface area contributed by atoms with Crippen molar-refractivity contribution in [2.75, 3.05) is 23.9 Å². The molecule has 0 radical (unpaired) electrons. The van der Waals surface area contributed by atoms with Gasteiger partial charge in [0.05, 0.1) is 18.6 Å². The lowest BCUT2D eigenvalue weighted by Gasteiger charge is -2.12. The second kappa shape index (κ2) is 4.29. The second-order valence-electron chi connectivity index (χ2n) is 3.83. The molecule has 5 nitrogen and oxygen atoms in total. The molecule has 1 aromatic heterocycles. The molecule has 0 amide bonds. The van der Waals surface area contributed by atoms with E-state index in [1.165, 1.54) is 0 Å². The number of hydrogen-bond donors (Lipinski definition) is 1. The largest absolute Gasteiger partial charge is 0.481 e. The Hall–Kier alpha value is -1.30. The van der Waals surface area contributed by atoms with Gasteiger partial charge in [-0.2, -0.15) is 0 Å². The van der Waals surface area contributed by atoms with Gasteiger partial charge in [0, 0.05) is 24.0 Å². The van der Waals surface area contributed by atoms with E-state index in [1.54, 1.807) is 25.4 Å². The molecule has 1 aliphatic rings. The predicted octanol–water partition coefficient (Wildman–Crippen LogP) is 0.689. The van der Waals surface area contributed by atoms with Crippen molar-refractivity contribution in [2.45, 2.75) is 12.5 Å². The van der Waals surface area contributed by atoms with Crippen molar-refractivity contribution in [1.29, 1.82) is 0 Å². The molecule has 16 heavy (non-hydrogen) atoms. The summed E-state index contributed by atoms with van der Waals surface area (Å²) in [6.45, 7) is 0. The van der Waals surface area contributed by atoms with Crippen molar-refractivity contribution < 1.29 is 13.2 Å². The van der Waals surface area contributed by atoms with Crippen LogP contribution in [0.15, 0.2) is 18.3 Å². The average molecular weight is 242 g/mol. The molecule has 0 bridgehead atoms. The van der Waals surface area contributed by atoms with Crippen LogP contribution in [-0.2, 0) is 9.84 Å². The first-order valence-corrected chi connectivity index (χ1v) is 6.88. The Morgan fingerprint density at radius 1 is 1.56 bits per heavy atom. The van der Waals surface area contributed by atoms with Crippen LogP contribution < -0.4 is 10.1 Å². The molecule has 2 heterocycles. The van der Waals surface area contributed by atoms with Crippen LogP contribution >= 0.6 is 0 Å². The Bertz CT molecular complexity index is 473. The summed E-state index contributed by atoms with van der Waals surface area (Å²) in [5.74, 6) is 0.996. The second-order valence-corrected chi connectivity index (χ2v) is 6.06. The first-order valence-electron chi connectivity index (χ1n) is 5.06. The van der Waals surface area contributed by atoms with Crippen molar-refractivity contribution >= 4 is 15.5 Å². The van der Waals surface area contributed by atoms with Crippen molar-refractivity contribution in [1.82, 2.24) is 4.98 Å². The van der Waals surface area contributed by atoms with Gasteiger partial charge in [0.1, 0.15) is 0 Å². The highest BCUT2D eigenvalue weighted by atomic mass is 32.2. The Kier molecular flexibility index (Phi) is 3.00. The van der Waals surface area contributed by atoms with Gasteiger partial charge in [-0.15, -0.1) is 0 Å². The van der Waals surface area contributed by atoms with E-state index in [4.69, 9.17) is 4.74 Å². The normalized spacial score (nSPS) is 22.9. The molecule has 1 atom stereocenters. The quantitative estimate of drug-likeness (QED) is 0.844. The molecule has 1 saturated heterocycles. The molecular formula is C10H14N2O3S. The van der Waals surface area contributed by atoms with E-state index in [9.17, 15) is 8.42 Å². The van der Waals surface area contributed by atoms with Gasteiger partial charge >= 0.3 is 0 Å². The molecule has 88 valence electrons. The highest BCUT2D eigenvalue weighted by Crippen LogP contribution is 2.19. The zero-order valence-electron chi connectivity index (χ0n) is 9.01. The van der Waals surface area contributed by atoms with Gasteiger partial charge in [0.15, 0.2) is 9.84 Å². The fourth-order valence-corrected chi connectivity index (χ4v) is 3.43. The van der Waals surface area contributed by atoms with E-state index in [0.29, 0.717) is 12.3 Å². The van der Waals surface area contributed by atoms with Gasteiger partial charge < -0.3 is 10.1 Å². The third-order valence-corrected chi connectivity index (χ3v) is 4.32. The van der Waals surface area contributed by atoms with Crippen molar-refractivity contribution in [3.8, 4) is 5.88 Å². The Labute approximate surface area is 94.8 Å². The number of aromatic nitrogens is 1. The van der Waals surface area contributed by atoms with E-state index in [2.05, 4.69) is 10.3 Å². The number of nitrogens with zero attached hydrogens (tertiary/aromatic N) is 1. The molecule has 0 aliphatic carbocycles. The maximum Gasteiger partial charge on any atom is 0.214 e. The van der Waals surface area contributed by atoms with E-state index in [0.717, 1.165) is 5.69 Å². The maximum atomic E-state index is 11.3. The summed E-state index contributed by atoms with van der Waals surface area (Å²) in [5, 5.41) is 3.17. The van der Waals surface area contributed by atoms with E-state index >= 15 is 0 Å². The van der Waals surface area contributed by atoms with Gasteiger partial charge in [0.25, 0.3) is 0 Å². The Balaban J connectivity index is 2.04. The van der Waals surface area contributed by atoms with Crippen LogP contribution in [-0.4, -0.2) is 38.1 Å². The number of hydrogen-bond acceptors (Lipinski definition) is 5. The smallest absolute Gasteiger partial charge is 0.214 e. The highest BCUT2D eigenvalue weighted by Gasteiger charge is 2.27. The minimum absolute atomic E-state index is 0.00268. The molecule has 0 spiro atoms. The lowest BCUT2D eigenvalue weighted by atomic mass is 10.2. The molecule has 0 saturated carbocycles. The number of methoxy groups -OCH3 is 1. The highest BCUT2D eigenvalue weighted by molar-refractivity contribution is 7.91. The van der Waals surface area contributed by atoms with Crippen molar-refractivity contribution in [3.63, 3.8) is 0 Å². The van der Waals surface area contributed by atoms with Crippen LogP contribution in [0.3, 0.4) is 0 Å². The van der Waals surface area contributed by atoms with Crippen molar-refractivity contribution in [2.24, 2.45) is 0 Å². The van der Waals surface area contributed by atoms with Crippen LogP contribution in [0.4, 0.5) is 5.69 Å². The number of rotatable bonds is 3. The molecule has 1 aromatic rings. The van der Waals surface area contributed by atoms with Gasteiger partial charge in [-0.05, 0) is 12.5 Å². The summed E-state index contributed by atoms with van der Waals surface area (Å²) >= 11 is 0. The van der Waals surface area contributed by atoms with Crippen LogP contribution in [0.5, 0.6) is 5.88 Å². The summed E-state index contributed by atoms with van der Waals surface area (Å²) in [6, 6.07) is 3.55. The van der Waals surface area contributed by atoms with Gasteiger partial charge in [-0.1, -0.05) is 0 Å². The lowest BCUT2D eigenvalue weighted by molar-refractivity contribution is 0.398. The molecule has 0 aromatic carbocycles. The van der Waals surface area contributed by atoms with Gasteiger partial charge in [-0.25, -0.2) is 13.4 Å². The summed E-state index contributed by atoms with van der Waals surface area (Å²) < 4.78 is 27.5. The first kappa shape index (κ1) is 11.2. The SMILES string of the molecule is COc1cc(NC2CCS(=O)(=O)C2)ccn1. The number of sulfone groups is 1. The number of anilines is 1. The standard InChI is InChI=1S/C10H14N2O3S/c1-15-10-6-8(2-4-11-10)12-9-3-5-16(13,14)7-9/h2,4,6,9H,3,5,7H2,1H3,(H,11,12). The third-order valence-electron chi connectivity index (χ3n) is 2.55. The fourth-order valence-electron chi connectivity index (χ4n) is 1.76. The molecule has 2 rings (SSSR count). The van der Waals surface area contributed by atoms with E-state index in [-0.39, 0.29) is 17.5 Å². The molecule has 6 heteroatoms. The number of nitrogens with one attached hydrogen (secondary N) is 1. The minimum Gasteiger partial charge on any atom is -0.481 e. The molecule has 1 aliphatic heterocycles. The summed E-state index contributed by atoms with van der Waals surface area (Å²) in [5.41, 5.74) is 0.842. The Morgan fingerprint density at radius 2 is 2.38 bits per heavy atom. The van der Waals surface area contributed by atoms with Crippen LogP contribution in [0.1, 0.15) is 6.42 Å². The van der Waals surface area contributed by atoms with E-state index in [1.807, 2.05) is 0 Å². The third kappa shape index (κ3) is 2.63. The summed E-state index contributed by atoms with van der Waals surface area (Å²) in [7, 11) is -1.29. The first-order chi connectivity index (χ1) is 7.59. The molecule has 1 N–H and O–H groups in total. The van der Waals surface area contributed by atoms with E-state index < -0.39 is 9.84 Å². The number of pyridine rings is 1. The zero-order chi connectivity index (χ0) is 11.6. The van der Waals surface area contributed by atoms with Crippen LogP contribution in [0.2, 0.25) is 0 Å². The maximum absolute atomic E-state index is 11.3. The van der Waals surface area contributed by atoms with Crippen molar-refractivity contribution in [3.05, 3.63) is 18.3 Å². The molecule has 1 unspecified atom stereocenters. The topological polar surface area (TPSA) is 68.3 Å². The van der Waals surface area contributed by atoms with Crippen LogP contribution in [0, 0.1) is 0 Å². The zero-order valence-corrected chi connectivity index (χ0v) is 9.83. The summed E-state index contributed by atoms with van der Waals surface area (Å²) in [4.78, 5) is 3.98. The van der Waals surface area contributed by atoms with Gasteiger partial charge in [0.2, 0.25) is 5.88 Å². The summed E-state index contributed by atoms with van der Waals surface area (Å²) in [6.07, 6.45) is 2.29. The minimum atomic E-state index is -2.84. The molecular weight excluding hydrogens is 228 g/mol. The Morgan fingerprint density at radius 3 is 3.00 bits per heavy atom. The number of ether oxygens (including phenoxy) is 1. The van der Waals surface area contributed by atoms with Crippen LogP contribution in [0.25, 0.3) is 0 Å². The monoisotopic (exact) mass is 242 g/mol. The molecule has 1 fully saturated rings. The predicted molar refractivity (Wildman–Crippen MR) is 61.5 cm³/mol.